The molecule has 30 heavy (non-hydrogen) atoms. The van der Waals surface area contributed by atoms with Crippen molar-refractivity contribution in [2.24, 2.45) is 11.8 Å². The minimum absolute atomic E-state index is 0.0194. The monoisotopic (exact) mass is 430 g/mol. The summed E-state index contributed by atoms with van der Waals surface area (Å²) in [4.78, 5) is 10.1. The SMILES string of the molecule is C[C@H]([C@H](O[Si](C)(C)C(C)(C)C)[C@@H](C)/C=C/C=C/C=C/C=C/C=C/C=C/C=O)[C@H](C)O. The van der Waals surface area contributed by atoms with E-state index in [2.05, 4.69) is 53.8 Å². The molecule has 0 aromatic rings. The van der Waals surface area contributed by atoms with Crippen LogP contribution >= 0.6 is 0 Å². The van der Waals surface area contributed by atoms with Crippen LogP contribution in [0.4, 0.5) is 0 Å². The number of rotatable bonds is 12. The molecule has 0 aromatic carbocycles. The lowest BCUT2D eigenvalue weighted by Crippen LogP contribution is -2.48. The zero-order chi connectivity index (χ0) is 23.2. The van der Waals surface area contributed by atoms with Gasteiger partial charge in [0.1, 0.15) is 6.29 Å². The second-order valence-corrected chi connectivity index (χ2v) is 14.0. The van der Waals surface area contributed by atoms with Crippen LogP contribution in [0.3, 0.4) is 0 Å². The van der Waals surface area contributed by atoms with Gasteiger partial charge in [-0.1, -0.05) is 101 Å². The van der Waals surface area contributed by atoms with Crippen molar-refractivity contribution in [2.75, 3.05) is 0 Å². The quantitative estimate of drug-likeness (QED) is 0.165. The molecular formula is C26H42O3Si. The Morgan fingerprint density at radius 3 is 1.53 bits per heavy atom. The third-order valence-electron chi connectivity index (χ3n) is 5.64. The first kappa shape index (κ1) is 28.2. The fraction of sp³-hybridized carbons (Fsp3) is 0.500. The minimum atomic E-state index is -1.93. The molecule has 0 rings (SSSR count). The first-order valence-corrected chi connectivity index (χ1v) is 13.7. The number of allylic oxidation sites excluding steroid dienone is 11. The number of aliphatic hydroxyl groups excluding tert-OH is 1. The average molecular weight is 431 g/mol. The van der Waals surface area contributed by atoms with Crippen molar-refractivity contribution >= 4 is 14.6 Å². The van der Waals surface area contributed by atoms with Crippen molar-refractivity contribution in [3.63, 3.8) is 0 Å². The van der Waals surface area contributed by atoms with Crippen molar-refractivity contribution in [1.29, 1.82) is 0 Å². The van der Waals surface area contributed by atoms with Crippen molar-refractivity contribution in [2.45, 2.75) is 71.9 Å². The van der Waals surface area contributed by atoms with Gasteiger partial charge >= 0.3 is 0 Å². The average Bonchev–Trinajstić information content (AvgIpc) is 2.65. The summed E-state index contributed by atoms with van der Waals surface area (Å²) >= 11 is 0. The molecule has 0 fully saturated rings. The van der Waals surface area contributed by atoms with Crippen molar-refractivity contribution < 1.29 is 14.3 Å². The summed E-state index contributed by atoms with van der Waals surface area (Å²) in [7, 11) is -1.93. The van der Waals surface area contributed by atoms with Gasteiger partial charge in [0, 0.05) is 5.92 Å². The zero-order valence-corrected chi connectivity index (χ0v) is 21.1. The van der Waals surface area contributed by atoms with E-state index in [-0.39, 0.29) is 23.0 Å². The Balaban J connectivity index is 4.94. The van der Waals surface area contributed by atoms with Crippen LogP contribution < -0.4 is 0 Å². The Hall–Kier alpha value is -1.75. The van der Waals surface area contributed by atoms with E-state index in [4.69, 9.17) is 4.43 Å². The highest BCUT2D eigenvalue weighted by Crippen LogP contribution is 2.39. The van der Waals surface area contributed by atoms with Crippen molar-refractivity contribution in [3.05, 3.63) is 72.9 Å². The first-order valence-electron chi connectivity index (χ1n) is 10.7. The second kappa shape index (κ2) is 14.3. The molecule has 0 radical (unpaired) electrons. The van der Waals surface area contributed by atoms with Crippen LogP contribution in [0.2, 0.25) is 18.1 Å². The van der Waals surface area contributed by atoms with Gasteiger partial charge in [-0.3, -0.25) is 4.79 Å². The maximum Gasteiger partial charge on any atom is 0.192 e. The second-order valence-electron chi connectivity index (χ2n) is 9.25. The standard InChI is InChI=1S/C26H42O3Si/c1-22(20-18-16-14-12-10-9-11-13-15-17-19-21-27)25(23(2)24(3)28)29-30(7,8)26(4,5)6/h9-25,28H,1-8H3/b11-9+,12-10+,15-13+,16-14+,19-17+,20-18+/t22-,23-,24-,25+/m0/s1. The molecule has 0 amide bonds. The third kappa shape index (κ3) is 11.4. The molecule has 0 saturated carbocycles. The van der Waals surface area contributed by atoms with Gasteiger partial charge in [-0.2, -0.15) is 0 Å². The van der Waals surface area contributed by atoms with E-state index in [0.717, 1.165) is 6.29 Å². The molecule has 168 valence electrons. The lowest BCUT2D eigenvalue weighted by molar-refractivity contribution is -0.104. The highest BCUT2D eigenvalue weighted by molar-refractivity contribution is 6.74. The molecule has 1 N–H and O–H groups in total. The molecule has 3 nitrogen and oxygen atoms in total. The number of aldehydes is 1. The summed E-state index contributed by atoms with van der Waals surface area (Å²) in [5, 5.41) is 10.3. The van der Waals surface area contributed by atoms with E-state index in [1.807, 2.05) is 55.5 Å². The Labute approximate surface area is 185 Å². The van der Waals surface area contributed by atoms with Crippen LogP contribution in [0.15, 0.2) is 72.9 Å². The first-order chi connectivity index (χ1) is 13.9. The number of carbonyl (C=O) groups is 1. The largest absolute Gasteiger partial charge is 0.413 e. The lowest BCUT2D eigenvalue weighted by Gasteiger charge is -2.43. The van der Waals surface area contributed by atoms with Crippen molar-refractivity contribution in [3.8, 4) is 0 Å². The fourth-order valence-corrected chi connectivity index (χ4v) is 3.92. The van der Waals surface area contributed by atoms with E-state index in [1.165, 1.54) is 6.08 Å². The number of hydrogen-bond donors (Lipinski definition) is 1. The molecule has 0 bridgehead atoms. The maximum absolute atomic E-state index is 10.2. The maximum atomic E-state index is 10.2. The molecule has 0 saturated heterocycles. The summed E-state index contributed by atoms with van der Waals surface area (Å²) in [6.07, 6.45) is 23.0. The molecule has 0 aliphatic carbocycles. The predicted molar refractivity (Wildman–Crippen MR) is 133 cm³/mol. The van der Waals surface area contributed by atoms with Crippen LogP contribution in [0, 0.1) is 11.8 Å². The molecule has 0 heterocycles. The Morgan fingerprint density at radius 2 is 1.17 bits per heavy atom. The van der Waals surface area contributed by atoms with Crippen LogP contribution in [0.1, 0.15) is 41.5 Å². The zero-order valence-electron chi connectivity index (χ0n) is 20.1. The van der Waals surface area contributed by atoms with Crippen LogP contribution in [0.5, 0.6) is 0 Å². The predicted octanol–water partition coefficient (Wildman–Crippen LogP) is 6.57. The summed E-state index contributed by atoms with van der Waals surface area (Å²) in [6.45, 7) is 17.3. The summed E-state index contributed by atoms with van der Waals surface area (Å²) in [5.41, 5.74) is 0. The van der Waals surface area contributed by atoms with Gasteiger partial charge in [0.15, 0.2) is 8.32 Å². The van der Waals surface area contributed by atoms with Crippen LogP contribution in [0.25, 0.3) is 0 Å². The van der Waals surface area contributed by atoms with E-state index < -0.39 is 14.4 Å². The highest BCUT2D eigenvalue weighted by Gasteiger charge is 2.41. The van der Waals surface area contributed by atoms with Gasteiger partial charge in [-0.05, 0) is 37.0 Å². The molecule has 0 aromatic heterocycles. The smallest absolute Gasteiger partial charge is 0.192 e. The number of aliphatic hydroxyl groups is 1. The van der Waals surface area contributed by atoms with Crippen LogP contribution in [-0.4, -0.2) is 31.9 Å². The minimum Gasteiger partial charge on any atom is -0.413 e. The van der Waals surface area contributed by atoms with E-state index in [1.54, 1.807) is 12.2 Å². The molecule has 0 aliphatic rings. The molecule has 4 atom stereocenters. The van der Waals surface area contributed by atoms with Gasteiger partial charge in [-0.15, -0.1) is 0 Å². The highest BCUT2D eigenvalue weighted by atomic mass is 28.4. The molecule has 0 unspecified atom stereocenters. The van der Waals surface area contributed by atoms with E-state index >= 15 is 0 Å². The molecule has 4 heteroatoms. The molecule has 0 spiro atoms. The summed E-state index contributed by atoms with van der Waals surface area (Å²) in [6, 6.07) is 0. The van der Waals surface area contributed by atoms with E-state index in [0.29, 0.717) is 0 Å². The number of hydrogen-bond acceptors (Lipinski definition) is 3. The lowest BCUT2D eigenvalue weighted by atomic mass is 9.90. The Kier molecular flexibility index (Phi) is 13.5. The van der Waals surface area contributed by atoms with Gasteiger partial charge in [0.25, 0.3) is 0 Å². The Bertz CT molecular complexity index is 658. The van der Waals surface area contributed by atoms with E-state index in [9.17, 15) is 9.90 Å². The van der Waals surface area contributed by atoms with Crippen LogP contribution in [-0.2, 0) is 9.22 Å². The third-order valence-corrected chi connectivity index (χ3v) is 10.1. The summed E-state index contributed by atoms with van der Waals surface area (Å²) < 4.78 is 6.69. The van der Waals surface area contributed by atoms with Gasteiger partial charge in [-0.25, -0.2) is 0 Å². The molecule has 0 aliphatic heterocycles. The van der Waals surface area contributed by atoms with Gasteiger partial charge < -0.3 is 9.53 Å². The summed E-state index contributed by atoms with van der Waals surface area (Å²) in [5.74, 6) is 0.254. The molecular weight excluding hydrogens is 388 g/mol. The Morgan fingerprint density at radius 1 is 0.767 bits per heavy atom. The number of carbonyl (C=O) groups excluding carboxylic acids is 1. The topological polar surface area (TPSA) is 46.5 Å². The normalized spacial score (nSPS) is 18.4. The van der Waals surface area contributed by atoms with Gasteiger partial charge in [0.05, 0.1) is 12.2 Å². The van der Waals surface area contributed by atoms with Gasteiger partial charge in [0.2, 0.25) is 0 Å². The van der Waals surface area contributed by atoms with Crippen molar-refractivity contribution in [1.82, 2.24) is 0 Å². The fourth-order valence-electron chi connectivity index (χ4n) is 2.46.